The smallest absolute Gasteiger partial charge is 0.195 e. The number of hydrogen-bond donors (Lipinski definition) is 0. The van der Waals surface area contributed by atoms with Crippen LogP contribution in [0.3, 0.4) is 0 Å². The Bertz CT molecular complexity index is 453. The van der Waals surface area contributed by atoms with Gasteiger partial charge in [0.15, 0.2) is 23.2 Å². The maximum Gasteiger partial charge on any atom is 0.195 e. The Labute approximate surface area is 77.0 Å². The van der Waals surface area contributed by atoms with Crippen LogP contribution in [0.25, 0.3) is 11.3 Å². The largest absolute Gasteiger partial charge is 0.356 e. The number of aromatic nitrogens is 1. The topological polar surface area (TPSA) is 26.0 Å². The SMILES string of the molecule is Fc1ccc(-c2ccno2)c(F)c1F. The van der Waals surface area contributed by atoms with Crippen LogP contribution in [0.2, 0.25) is 0 Å². The first kappa shape index (κ1) is 8.80. The summed E-state index contributed by atoms with van der Waals surface area (Å²) in [7, 11) is 0. The van der Waals surface area contributed by atoms with Crippen molar-refractivity contribution in [1.29, 1.82) is 0 Å². The lowest BCUT2D eigenvalue weighted by molar-refractivity contribution is 0.421. The van der Waals surface area contributed by atoms with E-state index in [0.29, 0.717) is 0 Å². The van der Waals surface area contributed by atoms with Crippen LogP contribution in [0.1, 0.15) is 0 Å². The summed E-state index contributed by atoms with van der Waals surface area (Å²) in [6.07, 6.45) is 1.29. The maximum absolute atomic E-state index is 13.1. The first-order chi connectivity index (χ1) is 6.70. The van der Waals surface area contributed by atoms with Crippen LogP contribution in [0.4, 0.5) is 13.2 Å². The van der Waals surface area contributed by atoms with Crippen molar-refractivity contribution in [3.63, 3.8) is 0 Å². The van der Waals surface area contributed by atoms with Crippen LogP contribution < -0.4 is 0 Å². The minimum absolute atomic E-state index is 0.0569. The molecule has 14 heavy (non-hydrogen) atoms. The molecule has 2 nitrogen and oxygen atoms in total. The zero-order valence-corrected chi connectivity index (χ0v) is 6.80. The summed E-state index contributed by atoms with van der Waals surface area (Å²) in [6.45, 7) is 0. The van der Waals surface area contributed by atoms with Crippen molar-refractivity contribution in [2.45, 2.75) is 0 Å². The average Bonchev–Trinajstić information content (AvgIpc) is 2.67. The number of hydrogen-bond acceptors (Lipinski definition) is 2. The fourth-order valence-electron chi connectivity index (χ4n) is 1.07. The first-order valence-electron chi connectivity index (χ1n) is 3.74. The highest BCUT2D eigenvalue weighted by Gasteiger charge is 2.16. The zero-order chi connectivity index (χ0) is 10.1. The molecule has 5 heteroatoms. The molecule has 0 bridgehead atoms. The Morgan fingerprint density at radius 1 is 1.00 bits per heavy atom. The Morgan fingerprint density at radius 3 is 2.43 bits per heavy atom. The standard InChI is InChI=1S/C9H4F3NO/c10-6-2-1-5(8(11)9(6)12)7-3-4-13-14-7/h1-4H. The fraction of sp³-hybridized carbons (Fsp3) is 0. The van der Waals surface area contributed by atoms with Crippen LogP contribution in [-0.4, -0.2) is 5.16 Å². The first-order valence-corrected chi connectivity index (χ1v) is 3.74. The van der Waals surface area contributed by atoms with E-state index in [1.807, 2.05) is 0 Å². The molecule has 0 amide bonds. The van der Waals surface area contributed by atoms with Crippen LogP contribution in [0.5, 0.6) is 0 Å². The summed E-state index contributed by atoms with van der Waals surface area (Å²) in [5.41, 5.74) is -0.151. The van der Waals surface area contributed by atoms with Gasteiger partial charge in [-0.05, 0) is 12.1 Å². The van der Waals surface area contributed by atoms with Crippen molar-refractivity contribution in [2.24, 2.45) is 0 Å². The monoisotopic (exact) mass is 199 g/mol. The van der Waals surface area contributed by atoms with Gasteiger partial charge in [0.05, 0.1) is 11.8 Å². The van der Waals surface area contributed by atoms with Gasteiger partial charge in [-0.25, -0.2) is 13.2 Å². The number of nitrogens with zero attached hydrogens (tertiary/aromatic N) is 1. The molecule has 0 radical (unpaired) electrons. The summed E-state index contributed by atoms with van der Waals surface area (Å²) >= 11 is 0. The van der Waals surface area contributed by atoms with E-state index in [9.17, 15) is 13.2 Å². The fourth-order valence-corrected chi connectivity index (χ4v) is 1.07. The van der Waals surface area contributed by atoms with E-state index in [-0.39, 0.29) is 11.3 Å². The number of rotatable bonds is 1. The Kier molecular flexibility index (Phi) is 1.99. The molecule has 1 aromatic heterocycles. The summed E-state index contributed by atoms with van der Waals surface area (Å²) in [5.74, 6) is -3.96. The van der Waals surface area contributed by atoms with E-state index in [2.05, 4.69) is 9.68 Å². The Morgan fingerprint density at radius 2 is 1.79 bits per heavy atom. The Hall–Kier alpha value is -1.78. The van der Waals surface area contributed by atoms with E-state index in [4.69, 9.17) is 0 Å². The highest BCUT2D eigenvalue weighted by molar-refractivity contribution is 5.57. The van der Waals surface area contributed by atoms with Gasteiger partial charge in [-0.1, -0.05) is 5.16 Å². The molecule has 2 aromatic rings. The maximum atomic E-state index is 13.1. The molecule has 0 aliphatic carbocycles. The number of benzene rings is 1. The molecular weight excluding hydrogens is 195 g/mol. The predicted octanol–water partition coefficient (Wildman–Crippen LogP) is 2.76. The highest BCUT2D eigenvalue weighted by Crippen LogP contribution is 2.25. The molecular formula is C9H4F3NO. The van der Waals surface area contributed by atoms with Gasteiger partial charge in [0, 0.05) is 6.07 Å². The highest BCUT2D eigenvalue weighted by atomic mass is 19.2. The van der Waals surface area contributed by atoms with Gasteiger partial charge in [-0.3, -0.25) is 0 Å². The minimum Gasteiger partial charge on any atom is -0.356 e. The van der Waals surface area contributed by atoms with Crippen molar-refractivity contribution < 1.29 is 17.7 Å². The molecule has 0 fully saturated rings. The second-order valence-electron chi connectivity index (χ2n) is 2.60. The van der Waals surface area contributed by atoms with E-state index < -0.39 is 17.5 Å². The average molecular weight is 199 g/mol. The van der Waals surface area contributed by atoms with Crippen LogP contribution in [-0.2, 0) is 0 Å². The molecule has 0 atom stereocenters. The summed E-state index contributed by atoms with van der Waals surface area (Å²) < 4.78 is 43.1. The van der Waals surface area contributed by atoms with Crippen LogP contribution >= 0.6 is 0 Å². The molecule has 0 spiro atoms. The molecule has 0 aliphatic rings. The van der Waals surface area contributed by atoms with Crippen molar-refractivity contribution in [3.8, 4) is 11.3 Å². The summed E-state index contributed by atoms with van der Waals surface area (Å²) in [5, 5.41) is 3.33. The third kappa shape index (κ3) is 1.26. The Balaban J connectivity index is 2.61. The molecule has 1 aromatic carbocycles. The molecule has 0 aliphatic heterocycles. The van der Waals surface area contributed by atoms with E-state index >= 15 is 0 Å². The second-order valence-corrected chi connectivity index (χ2v) is 2.60. The van der Waals surface area contributed by atoms with E-state index in [0.717, 1.165) is 12.1 Å². The normalized spacial score (nSPS) is 10.5. The van der Waals surface area contributed by atoms with Gasteiger partial charge in [0.2, 0.25) is 0 Å². The summed E-state index contributed by atoms with van der Waals surface area (Å²) in [4.78, 5) is 0. The van der Waals surface area contributed by atoms with Gasteiger partial charge < -0.3 is 4.52 Å². The van der Waals surface area contributed by atoms with Crippen molar-refractivity contribution >= 4 is 0 Å². The molecule has 0 saturated heterocycles. The lowest BCUT2D eigenvalue weighted by Crippen LogP contribution is -1.92. The molecule has 0 N–H and O–H groups in total. The van der Waals surface area contributed by atoms with Gasteiger partial charge in [-0.15, -0.1) is 0 Å². The van der Waals surface area contributed by atoms with Gasteiger partial charge in [0.1, 0.15) is 0 Å². The van der Waals surface area contributed by atoms with Crippen molar-refractivity contribution in [1.82, 2.24) is 5.16 Å². The lowest BCUT2D eigenvalue weighted by Gasteiger charge is -1.99. The van der Waals surface area contributed by atoms with Crippen LogP contribution in [0.15, 0.2) is 28.9 Å². The third-order valence-electron chi connectivity index (χ3n) is 1.74. The van der Waals surface area contributed by atoms with Gasteiger partial charge >= 0.3 is 0 Å². The van der Waals surface area contributed by atoms with E-state index in [1.54, 1.807) is 0 Å². The molecule has 2 rings (SSSR count). The third-order valence-corrected chi connectivity index (χ3v) is 1.74. The lowest BCUT2D eigenvalue weighted by atomic mass is 10.1. The molecule has 72 valence electrons. The second kappa shape index (κ2) is 3.17. The van der Waals surface area contributed by atoms with Crippen molar-refractivity contribution in [3.05, 3.63) is 41.8 Å². The zero-order valence-electron chi connectivity index (χ0n) is 6.80. The van der Waals surface area contributed by atoms with Gasteiger partial charge in [-0.2, -0.15) is 0 Å². The van der Waals surface area contributed by atoms with Gasteiger partial charge in [0.25, 0.3) is 0 Å². The minimum atomic E-state index is -1.51. The quantitative estimate of drug-likeness (QED) is 0.660. The molecule has 0 unspecified atom stereocenters. The molecule has 1 heterocycles. The predicted molar refractivity (Wildman–Crippen MR) is 41.8 cm³/mol. The van der Waals surface area contributed by atoms with Crippen molar-refractivity contribution in [2.75, 3.05) is 0 Å². The van der Waals surface area contributed by atoms with Crippen LogP contribution in [0, 0.1) is 17.5 Å². The van der Waals surface area contributed by atoms with E-state index in [1.165, 1.54) is 12.3 Å². The summed E-state index contributed by atoms with van der Waals surface area (Å²) in [6, 6.07) is 3.28. The molecule has 0 saturated carbocycles. The number of halogens is 3.